The van der Waals surface area contributed by atoms with E-state index in [0.717, 1.165) is 19.4 Å². The second-order valence-electron chi connectivity index (χ2n) is 5.83. The van der Waals surface area contributed by atoms with E-state index >= 15 is 0 Å². The van der Waals surface area contributed by atoms with Gasteiger partial charge in [-0.25, -0.2) is 9.59 Å². The highest BCUT2D eigenvalue weighted by Gasteiger charge is 2.35. The molecule has 1 aliphatic rings. The van der Waals surface area contributed by atoms with Crippen LogP contribution in [0.15, 0.2) is 18.2 Å². The summed E-state index contributed by atoms with van der Waals surface area (Å²) in [6.45, 7) is 6.58. The van der Waals surface area contributed by atoms with Crippen LogP contribution in [0.5, 0.6) is 0 Å². The van der Waals surface area contributed by atoms with Crippen LogP contribution in [0, 0.1) is 6.92 Å². The fraction of sp³-hybridized carbons (Fsp3) is 0.467. The predicted octanol–water partition coefficient (Wildman–Crippen LogP) is 3.10. The van der Waals surface area contributed by atoms with Crippen LogP contribution in [0.4, 0.5) is 10.5 Å². The van der Waals surface area contributed by atoms with Gasteiger partial charge in [0.25, 0.3) is 0 Å². The zero-order valence-electron chi connectivity index (χ0n) is 12.1. The van der Waals surface area contributed by atoms with Crippen LogP contribution >= 0.6 is 0 Å². The molecule has 0 spiro atoms. The van der Waals surface area contributed by atoms with Crippen LogP contribution in [-0.2, 0) is 0 Å². The molecule has 1 aromatic carbocycles. The lowest BCUT2D eigenvalue weighted by Crippen LogP contribution is -2.44. The molecule has 0 atom stereocenters. The Morgan fingerprint density at radius 3 is 2.55 bits per heavy atom. The molecule has 0 radical (unpaired) electrons. The number of carbonyl (C=O) groups excluding carboxylic acids is 1. The molecule has 0 bridgehead atoms. The molecule has 2 rings (SSSR count). The molecule has 1 aromatic rings. The van der Waals surface area contributed by atoms with Gasteiger partial charge in [-0.2, -0.15) is 0 Å². The summed E-state index contributed by atoms with van der Waals surface area (Å²) in [6, 6.07) is 4.69. The van der Waals surface area contributed by atoms with E-state index in [1.54, 1.807) is 19.1 Å². The van der Waals surface area contributed by atoms with Gasteiger partial charge in [0, 0.05) is 17.8 Å². The molecular formula is C15H20N2O3. The summed E-state index contributed by atoms with van der Waals surface area (Å²) in [5.74, 6) is -0.957. The zero-order chi connectivity index (χ0) is 14.9. The maximum Gasteiger partial charge on any atom is 0.335 e. The van der Waals surface area contributed by atoms with Gasteiger partial charge in [0.05, 0.1) is 5.56 Å². The Morgan fingerprint density at radius 2 is 2.05 bits per heavy atom. The van der Waals surface area contributed by atoms with Crippen LogP contribution in [-0.4, -0.2) is 34.1 Å². The van der Waals surface area contributed by atoms with Gasteiger partial charge >= 0.3 is 12.0 Å². The van der Waals surface area contributed by atoms with Gasteiger partial charge in [0.2, 0.25) is 0 Å². The standard InChI is InChI=1S/C15H20N2O3/c1-10-9-11(5-6-12(10)13(18)19)16-14(20)17-8-4-7-15(17,2)3/h5-6,9H,4,7-8H2,1-3H3,(H,16,20)(H,18,19). The number of anilines is 1. The molecule has 0 saturated carbocycles. The number of hydrogen-bond acceptors (Lipinski definition) is 2. The number of aryl methyl sites for hydroxylation is 1. The molecular weight excluding hydrogens is 256 g/mol. The maximum absolute atomic E-state index is 12.3. The first-order valence-corrected chi connectivity index (χ1v) is 6.74. The Kier molecular flexibility index (Phi) is 3.70. The molecule has 5 heteroatoms. The number of carboxylic acid groups (broad SMARTS) is 1. The summed E-state index contributed by atoms with van der Waals surface area (Å²) in [7, 11) is 0. The van der Waals surface area contributed by atoms with E-state index in [9.17, 15) is 9.59 Å². The van der Waals surface area contributed by atoms with Gasteiger partial charge in [-0.15, -0.1) is 0 Å². The summed E-state index contributed by atoms with van der Waals surface area (Å²) in [5, 5.41) is 11.8. The smallest absolute Gasteiger partial charge is 0.335 e. The molecule has 1 saturated heterocycles. The minimum Gasteiger partial charge on any atom is -0.478 e. The van der Waals surface area contributed by atoms with Gasteiger partial charge in [-0.3, -0.25) is 0 Å². The monoisotopic (exact) mass is 276 g/mol. The molecule has 2 N–H and O–H groups in total. The van der Waals surface area contributed by atoms with Gasteiger partial charge < -0.3 is 15.3 Å². The SMILES string of the molecule is Cc1cc(NC(=O)N2CCCC2(C)C)ccc1C(=O)O. The summed E-state index contributed by atoms with van der Waals surface area (Å²) >= 11 is 0. The van der Waals surface area contributed by atoms with Crippen LogP contribution in [0.3, 0.4) is 0 Å². The highest BCUT2D eigenvalue weighted by molar-refractivity contribution is 5.93. The van der Waals surface area contributed by atoms with Crippen molar-refractivity contribution in [1.82, 2.24) is 4.90 Å². The minimum absolute atomic E-state index is 0.125. The van der Waals surface area contributed by atoms with E-state index in [1.807, 2.05) is 4.90 Å². The molecule has 1 aliphatic heterocycles. The van der Waals surface area contributed by atoms with E-state index < -0.39 is 5.97 Å². The first-order valence-electron chi connectivity index (χ1n) is 6.74. The predicted molar refractivity (Wildman–Crippen MR) is 77.2 cm³/mol. The number of hydrogen-bond donors (Lipinski definition) is 2. The van der Waals surface area contributed by atoms with Gasteiger partial charge in [-0.1, -0.05) is 0 Å². The molecule has 0 unspecified atom stereocenters. The Bertz CT molecular complexity index is 552. The topological polar surface area (TPSA) is 69.6 Å². The Labute approximate surface area is 118 Å². The van der Waals surface area contributed by atoms with Gasteiger partial charge in [0.15, 0.2) is 0 Å². The fourth-order valence-corrected chi connectivity index (χ4v) is 2.66. The number of nitrogens with one attached hydrogen (secondary N) is 1. The number of carbonyl (C=O) groups is 2. The van der Waals surface area contributed by atoms with Crippen molar-refractivity contribution in [3.8, 4) is 0 Å². The number of urea groups is 1. The van der Waals surface area contributed by atoms with E-state index in [1.165, 1.54) is 6.07 Å². The Morgan fingerprint density at radius 1 is 1.35 bits per heavy atom. The third-order valence-corrected chi connectivity index (χ3v) is 3.85. The number of likely N-dealkylation sites (tertiary alicyclic amines) is 1. The van der Waals surface area contributed by atoms with E-state index in [0.29, 0.717) is 11.3 Å². The lowest BCUT2D eigenvalue weighted by Gasteiger charge is -2.31. The quantitative estimate of drug-likeness (QED) is 0.872. The van der Waals surface area contributed by atoms with Crippen molar-refractivity contribution in [1.29, 1.82) is 0 Å². The van der Waals surface area contributed by atoms with E-state index in [2.05, 4.69) is 19.2 Å². The van der Waals surface area contributed by atoms with Crippen LogP contribution in [0.25, 0.3) is 0 Å². The largest absolute Gasteiger partial charge is 0.478 e. The van der Waals surface area contributed by atoms with Crippen molar-refractivity contribution >= 4 is 17.7 Å². The minimum atomic E-state index is -0.957. The molecule has 2 amide bonds. The van der Waals surface area contributed by atoms with Crippen molar-refractivity contribution in [2.45, 2.75) is 39.2 Å². The third-order valence-electron chi connectivity index (χ3n) is 3.85. The number of nitrogens with zero attached hydrogens (tertiary/aromatic N) is 1. The lowest BCUT2D eigenvalue weighted by atomic mass is 10.0. The second kappa shape index (κ2) is 5.15. The number of carboxylic acids is 1. The molecule has 5 nitrogen and oxygen atoms in total. The lowest BCUT2D eigenvalue weighted by molar-refractivity contribution is 0.0696. The number of amides is 2. The van der Waals surface area contributed by atoms with Gasteiger partial charge in [0.1, 0.15) is 0 Å². The van der Waals surface area contributed by atoms with Crippen LogP contribution in [0.1, 0.15) is 42.6 Å². The van der Waals surface area contributed by atoms with E-state index in [-0.39, 0.29) is 17.1 Å². The summed E-state index contributed by atoms with van der Waals surface area (Å²) in [6.07, 6.45) is 2.01. The van der Waals surface area contributed by atoms with Crippen molar-refractivity contribution in [3.05, 3.63) is 29.3 Å². The van der Waals surface area contributed by atoms with Crippen molar-refractivity contribution < 1.29 is 14.7 Å². The first kappa shape index (κ1) is 14.4. The average molecular weight is 276 g/mol. The van der Waals surface area contributed by atoms with Gasteiger partial charge in [-0.05, 0) is 57.4 Å². The molecule has 0 aromatic heterocycles. The number of benzene rings is 1. The summed E-state index contributed by atoms with van der Waals surface area (Å²) in [5.41, 5.74) is 1.39. The van der Waals surface area contributed by atoms with Crippen molar-refractivity contribution in [2.24, 2.45) is 0 Å². The Hall–Kier alpha value is -2.04. The zero-order valence-corrected chi connectivity index (χ0v) is 12.1. The molecule has 1 heterocycles. The fourth-order valence-electron chi connectivity index (χ4n) is 2.66. The Balaban J connectivity index is 2.12. The van der Waals surface area contributed by atoms with E-state index in [4.69, 9.17) is 5.11 Å². The second-order valence-corrected chi connectivity index (χ2v) is 5.83. The highest BCUT2D eigenvalue weighted by atomic mass is 16.4. The highest BCUT2D eigenvalue weighted by Crippen LogP contribution is 2.29. The normalized spacial score (nSPS) is 17.1. The van der Waals surface area contributed by atoms with Crippen LogP contribution < -0.4 is 5.32 Å². The molecule has 1 fully saturated rings. The molecule has 108 valence electrons. The first-order chi connectivity index (χ1) is 9.31. The van der Waals surface area contributed by atoms with Crippen molar-refractivity contribution in [3.63, 3.8) is 0 Å². The summed E-state index contributed by atoms with van der Waals surface area (Å²) < 4.78 is 0. The van der Waals surface area contributed by atoms with Crippen LogP contribution in [0.2, 0.25) is 0 Å². The number of aromatic carboxylic acids is 1. The third kappa shape index (κ3) is 2.76. The number of rotatable bonds is 2. The van der Waals surface area contributed by atoms with Crippen molar-refractivity contribution in [2.75, 3.05) is 11.9 Å². The summed E-state index contributed by atoms with van der Waals surface area (Å²) in [4.78, 5) is 25.0. The molecule has 0 aliphatic carbocycles. The average Bonchev–Trinajstić information content (AvgIpc) is 2.68. The maximum atomic E-state index is 12.3. The molecule has 20 heavy (non-hydrogen) atoms.